The zero-order chi connectivity index (χ0) is 16.2. The number of urea groups is 1. The predicted octanol–water partition coefficient (Wildman–Crippen LogP) is -2.27. The van der Waals surface area contributed by atoms with Crippen molar-refractivity contribution in [1.29, 1.82) is 0 Å². The molecule has 0 spiro atoms. The highest BCUT2D eigenvalue weighted by Gasteiger charge is 2.51. The smallest absolute Gasteiger partial charge is 0.354 e. The monoisotopic (exact) mass is 331 g/mol. The molecular weight excluding hydrogens is 318 g/mol. The topological polar surface area (TPSA) is 180 Å². The molecule has 2 atom stereocenters. The molecule has 0 aliphatic carbocycles. The number of hydroxylamine groups is 2. The van der Waals surface area contributed by atoms with Crippen LogP contribution >= 0.6 is 0 Å². The maximum atomic E-state index is 12.3. The van der Waals surface area contributed by atoms with Crippen LogP contribution < -0.4 is 17.3 Å². The Morgan fingerprint density at radius 1 is 1.50 bits per heavy atom. The molecule has 2 bridgehead atoms. The molecule has 0 radical (unpaired) electrons. The van der Waals surface area contributed by atoms with Crippen LogP contribution in [0, 0.1) is 0 Å². The first-order chi connectivity index (χ1) is 10.3. The van der Waals surface area contributed by atoms with Crippen LogP contribution in [-0.2, 0) is 14.4 Å². The standard InChI is InChI=1S/C9H13N7O5S/c10-1-5-7-4(2-15(12)13-7)6-3-14(5)9(18)16(6)21-22(19,20)8(11)17/h2,5-6H,1,3,10,12H2,(H2,11,17)/t5-,6-/m1/s1. The Morgan fingerprint density at radius 2 is 2.18 bits per heavy atom. The molecule has 3 heterocycles. The molecule has 0 aromatic carbocycles. The Morgan fingerprint density at radius 3 is 2.77 bits per heavy atom. The third-order valence-corrected chi connectivity index (χ3v) is 4.43. The van der Waals surface area contributed by atoms with Crippen LogP contribution in [0.1, 0.15) is 23.3 Å². The molecule has 6 N–H and O–H groups in total. The number of hydrogen-bond acceptors (Lipinski definition) is 8. The summed E-state index contributed by atoms with van der Waals surface area (Å²) < 4.78 is 27.6. The van der Waals surface area contributed by atoms with E-state index in [1.54, 1.807) is 0 Å². The van der Waals surface area contributed by atoms with Crippen molar-refractivity contribution in [3.05, 3.63) is 17.5 Å². The van der Waals surface area contributed by atoms with Gasteiger partial charge in [-0.1, -0.05) is 0 Å². The van der Waals surface area contributed by atoms with Crippen LogP contribution in [0.5, 0.6) is 0 Å². The number of carbonyl (C=O) groups excluding carboxylic acids is 2. The Hall–Kier alpha value is -2.38. The summed E-state index contributed by atoms with van der Waals surface area (Å²) in [4.78, 5) is 25.5. The van der Waals surface area contributed by atoms with Crippen molar-refractivity contribution in [3.8, 4) is 0 Å². The van der Waals surface area contributed by atoms with Crippen molar-refractivity contribution in [1.82, 2.24) is 19.9 Å². The number of carbonyl (C=O) groups is 2. The average Bonchev–Trinajstić information content (AvgIpc) is 2.94. The van der Waals surface area contributed by atoms with E-state index in [-0.39, 0.29) is 13.1 Å². The van der Waals surface area contributed by atoms with Gasteiger partial charge < -0.3 is 22.2 Å². The van der Waals surface area contributed by atoms with E-state index in [9.17, 15) is 18.0 Å². The molecule has 0 saturated carbocycles. The Bertz CT molecular complexity index is 758. The Kier molecular flexibility index (Phi) is 3.01. The molecule has 1 aromatic heterocycles. The minimum absolute atomic E-state index is 0.0683. The van der Waals surface area contributed by atoms with Crippen molar-refractivity contribution in [2.24, 2.45) is 11.5 Å². The zero-order valence-corrected chi connectivity index (χ0v) is 11.9. The lowest BCUT2D eigenvalue weighted by atomic mass is 9.98. The molecule has 2 aliphatic rings. The number of amides is 3. The summed E-state index contributed by atoms with van der Waals surface area (Å²) in [5.41, 5.74) is 11.3. The minimum atomic E-state index is -4.75. The summed E-state index contributed by atoms with van der Waals surface area (Å²) >= 11 is 0. The lowest BCUT2D eigenvalue weighted by Gasteiger charge is -2.28. The molecule has 2 aliphatic heterocycles. The highest BCUT2D eigenvalue weighted by molar-refractivity contribution is 8.01. The van der Waals surface area contributed by atoms with Crippen molar-refractivity contribution >= 4 is 21.4 Å². The highest BCUT2D eigenvalue weighted by Crippen LogP contribution is 2.42. The van der Waals surface area contributed by atoms with E-state index in [4.69, 9.17) is 17.3 Å². The Balaban J connectivity index is 2.03. The molecule has 120 valence electrons. The fourth-order valence-electron chi connectivity index (χ4n) is 2.63. The number of fused-ring (bicyclic) bond motifs is 4. The van der Waals surface area contributed by atoms with Crippen LogP contribution in [0.2, 0.25) is 0 Å². The third kappa shape index (κ3) is 1.90. The summed E-state index contributed by atoms with van der Waals surface area (Å²) in [5.74, 6) is 5.57. The average molecular weight is 331 g/mol. The van der Waals surface area contributed by atoms with E-state index < -0.39 is 33.5 Å². The zero-order valence-electron chi connectivity index (χ0n) is 11.1. The lowest BCUT2D eigenvalue weighted by molar-refractivity contribution is -0.0197. The number of nitrogens with two attached hydrogens (primary N) is 3. The van der Waals surface area contributed by atoms with Crippen molar-refractivity contribution in [3.63, 3.8) is 0 Å². The van der Waals surface area contributed by atoms with E-state index in [2.05, 4.69) is 9.38 Å². The molecule has 1 aromatic rings. The first kappa shape index (κ1) is 14.6. The molecule has 12 nitrogen and oxygen atoms in total. The van der Waals surface area contributed by atoms with Crippen LogP contribution in [0.15, 0.2) is 6.20 Å². The van der Waals surface area contributed by atoms with E-state index in [0.717, 1.165) is 4.79 Å². The Labute approximate surface area is 124 Å². The van der Waals surface area contributed by atoms with Gasteiger partial charge in [-0.3, -0.25) is 4.79 Å². The van der Waals surface area contributed by atoms with Gasteiger partial charge in [-0.05, 0) is 0 Å². The summed E-state index contributed by atoms with van der Waals surface area (Å²) in [5, 5.41) is 2.93. The maximum absolute atomic E-state index is 12.3. The predicted molar refractivity (Wildman–Crippen MR) is 70.4 cm³/mol. The van der Waals surface area contributed by atoms with E-state index in [1.165, 1.54) is 11.1 Å². The van der Waals surface area contributed by atoms with Crippen LogP contribution in [0.3, 0.4) is 0 Å². The van der Waals surface area contributed by atoms with E-state index in [1.807, 2.05) is 0 Å². The van der Waals surface area contributed by atoms with Crippen LogP contribution in [0.4, 0.5) is 9.59 Å². The number of rotatable bonds is 3. The second-order valence-corrected chi connectivity index (χ2v) is 6.29. The quantitative estimate of drug-likeness (QED) is 0.518. The molecule has 3 rings (SSSR count). The number of hydrogen-bond donors (Lipinski definition) is 3. The number of aromatic nitrogens is 2. The summed E-state index contributed by atoms with van der Waals surface area (Å²) in [6, 6.07) is -2.09. The van der Waals surface area contributed by atoms with Gasteiger partial charge >= 0.3 is 21.4 Å². The molecular formula is C9H13N7O5S. The molecule has 1 fully saturated rings. The normalized spacial score (nSPS) is 23.8. The van der Waals surface area contributed by atoms with Crippen LogP contribution in [-0.4, -0.2) is 52.6 Å². The van der Waals surface area contributed by atoms with Gasteiger partial charge in [0, 0.05) is 12.1 Å². The number of nitrogens with zero attached hydrogens (tertiary/aromatic N) is 4. The van der Waals surface area contributed by atoms with E-state index in [0.29, 0.717) is 16.3 Å². The fraction of sp³-hybridized carbons (Fsp3) is 0.444. The third-order valence-electron chi connectivity index (χ3n) is 3.58. The summed E-state index contributed by atoms with van der Waals surface area (Å²) in [6.45, 7) is 0.201. The van der Waals surface area contributed by atoms with Gasteiger partial charge in [-0.25, -0.2) is 4.79 Å². The lowest BCUT2D eigenvalue weighted by Crippen LogP contribution is -2.39. The first-order valence-corrected chi connectivity index (χ1v) is 7.55. The minimum Gasteiger partial charge on any atom is -0.354 e. The molecule has 1 saturated heterocycles. The van der Waals surface area contributed by atoms with Gasteiger partial charge in [0.15, 0.2) is 0 Å². The molecule has 3 amide bonds. The highest BCUT2D eigenvalue weighted by atomic mass is 32.2. The SMILES string of the molecule is NC[C@@H]1c2nn(N)cc2[C@H]2CN1C(=O)N2OS(=O)(=O)C(N)=O. The van der Waals surface area contributed by atoms with Crippen molar-refractivity contribution < 1.29 is 22.3 Å². The van der Waals surface area contributed by atoms with Crippen molar-refractivity contribution in [2.45, 2.75) is 12.1 Å². The second kappa shape index (κ2) is 4.56. The molecule has 0 unspecified atom stereocenters. The van der Waals surface area contributed by atoms with Crippen LogP contribution in [0.25, 0.3) is 0 Å². The largest absolute Gasteiger partial charge is 0.372 e. The van der Waals surface area contributed by atoms with Gasteiger partial charge in [0.1, 0.15) is 6.04 Å². The van der Waals surface area contributed by atoms with E-state index >= 15 is 0 Å². The summed E-state index contributed by atoms with van der Waals surface area (Å²) in [6.07, 6.45) is 1.44. The van der Waals surface area contributed by atoms with Gasteiger partial charge in [0.05, 0.1) is 24.5 Å². The fourth-order valence-corrected chi connectivity index (χ4v) is 3.08. The van der Waals surface area contributed by atoms with Gasteiger partial charge in [0.25, 0.3) is 0 Å². The van der Waals surface area contributed by atoms with Gasteiger partial charge in [-0.2, -0.15) is 23.4 Å². The summed E-state index contributed by atoms with van der Waals surface area (Å²) in [7, 11) is -4.75. The van der Waals surface area contributed by atoms with Crippen molar-refractivity contribution in [2.75, 3.05) is 18.9 Å². The second-order valence-electron chi connectivity index (χ2n) is 4.83. The molecule has 13 heteroatoms. The number of nitrogen functional groups attached to an aromatic ring is 1. The maximum Gasteiger partial charge on any atom is 0.372 e. The molecule has 22 heavy (non-hydrogen) atoms. The van der Waals surface area contributed by atoms with Gasteiger partial charge in [-0.15, -0.1) is 4.28 Å². The first-order valence-electron chi connectivity index (χ1n) is 6.14. The van der Waals surface area contributed by atoms with Gasteiger partial charge in [0.2, 0.25) is 0 Å². The number of primary amides is 1.